The number of halogens is 1. The van der Waals surface area contributed by atoms with Gasteiger partial charge in [-0.3, -0.25) is 4.90 Å². The number of rotatable bonds is 6. The molecule has 0 fully saturated rings. The van der Waals surface area contributed by atoms with E-state index in [1.807, 2.05) is 29.2 Å². The van der Waals surface area contributed by atoms with Crippen LogP contribution in [-0.2, 0) is 6.42 Å². The molecule has 4 nitrogen and oxygen atoms in total. The van der Waals surface area contributed by atoms with Gasteiger partial charge in [0.05, 0.1) is 0 Å². The van der Waals surface area contributed by atoms with E-state index in [1.54, 1.807) is 12.1 Å². The van der Waals surface area contributed by atoms with Crippen molar-refractivity contribution in [3.8, 4) is 0 Å². The Balaban J connectivity index is 1.52. The lowest BCUT2D eigenvalue weighted by molar-refractivity contribution is 0.246. The van der Waals surface area contributed by atoms with Crippen LogP contribution in [0.5, 0.6) is 0 Å². The summed E-state index contributed by atoms with van der Waals surface area (Å²) in [5.41, 5.74) is 3.15. The Morgan fingerprint density at radius 3 is 2.85 bits per heavy atom. The highest BCUT2D eigenvalue weighted by Crippen LogP contribution is 2.26. The number of hydrogen-bond donors (Lipinski definition) is 1. The second-order valence-corrected chi connectivity index (χ2v) is 6.88. The van der Waals surface area contributed by atoms with E-state index in [0.717, 1.165) is 56.7 Å². The summed E-state index contributed by atoms with van der Waals surface area (Å²) >= 11 is 0. The van der Waals surface area contributed by atoms with Crippen molar-refractivity contribution in [3.05, 3.63) is 59.9 Å². The normalized spacial score (nSPS) is 13.6. The highest BCUT2D eigenvalue weighted by Gasteiger charge is 2.20. The molecule has 1 aliphatic rings. The van der Waals surface area contributed by atoms with Crippen LogP contribution in [-0.4, -0.2) is 32.2 Å². The third kappa shape index (κ3) is 5.00. The predicted molar refractivity (Wildman–Crippen MR) is 109 cm³/mol. The molecule has 0 spiro atoms. The van der Waals surface area contributed by atoms with Gasteiger partial charge in [-0.05, 0) is 62.4 Å². The zero-order valence-electron chi connectivity index (χ0n) is 16.0. The van der Waals surface area contributed by atoms with E-state index in [-0.39, 0.29) is 11.8 Å². The Morgan fingerprint density at radius 2 is 2.04 bits per heavy atom. The monoisotopic (exact) mass is 369 g/mol. The molecule has 0 aliphatic carbocycles. The van der Waals surface area contributed by atoms with E-state index in [9.17, 15) is 9.18 Å². The Morgan fingerprint density at radius 1 is 1.19 bits per heavy atom. The lowest BCUT2D eigenvalue weighted by Crippen LogP contribution is -2.41. The summed E-state index contributed by atoms with van der Waals surface area (Å²) in [5, 5.41) is 3.05. The summed E-state index contributed by atoms with van der Waals surface area (Å²) in [4.78, 5) is 16.7. The van der Waals surface area contributed by atoms with Gasteiger partial charge < -0.3 is 10.2 Å². The average Bonchev–Trinajstić information content (AvgIpc) is 2.90. The zero-order chi connectivity index (χ0) is 19.1. The van der Waals surface area contributed by atoms with E-state index < -0.39 is 0 Å². The Hall–Kier alpha value is -2.56. The molecular weight excluding hydrogens is 341 g/mol. The first-order valence-corrected chi connectivity index (χ1v) is 9.83. The predicted octanol–water partition coefficient (Wildman–Crippen LogP) is 4.59. The van der Waals surface area contributed by atoms with Crippen LogP contribution in [0.25, 0.3) is 0 Å². The quantitative estimate of drug-likeness (QED) is 0.756. The summed E-state index contributed by atoms with van der Waals surface area (Å²) in [6.07, 6.45) is 3.97. The first-order chi connectivity index (χ1) is 13.2. The van der Waals surface area contributed by atoms with Gasteiger partial charge >= 0.3 is 6.03 Å². The molecule has 0 saturated heterocycles. The molecule has 2 amide bonds. The molecule has 0 atom stereocenters. The van der Waals surface area contributed by atoms with E-state index >= 15 is 0 Å². The number of para-hydroxylation sites is 1. The first kappa shape index (κ1) is 19.2. The number of nitrogens with one attached hydrogen (secondary N) is 1. The van der Waals surface area contributed by atoms with Crippen LogP contribution in [0, 0.1) is 5.82 Å². The number of nitrogens with zero attached hydrogens (tertiary/aromatic N) is 2. The number of amides is 2. The first-order valence-electron chi connectivity index (χ1n) is 9.83. The van der Waals surface area contributed by atoms with Crippen molar-refractivity contribution in [1.29, 1.82) is 0 Å². The molecule has 2 aromatic rings. The standard InChI is InChI=1S/C22H28FN3O/c1-2-25(20-12-7-11-19(23)17-20)15-8-14-24-22(27)26-16-6-5-10-18-9-3-4-13-21(18)26/h3-4,7,9,11-13,17H,2,5-6,8,10,14-16H2,1H3,(H,24,27). The minimum absolute atomic E-state index is 0.0295. The molecule has 5 heteroatoms. The fraction of sp³-hybridized carbons (Fsp3) is 0.409. The molecule has 0 radical (unpaired) electrons. The molecule has 2 aromatic carbocycles. The minimum atomic E-state index is -0.223. The van der Waals surface area contributed by atoms with Crippen LogP contribution in [0.1, 0.15) is 31.7 Å². The summed E-state index contributed by atoms with van der Waals surface area (Å²) in [7, 11) is 0. The minimum Gasteiger partial charge on any atom is -0.372 e. The molecule has 1 heterocycles. The summed E-state index contributed by atoms with van der Waals surface area (Å²) < 4.78 is 13.4. The van der Waals surface area contributed by atoms with Gasteiger partial charge in [-0.1, -0.05) is 24.3 Å². The third-order valence-corrected chi connectivity index (χ3v) is 5.04. The van der Waals surface area contributed by atoms with Gasteiger partial charge in [-0.25, -0.2) is 9.18 Å². The molecule has 1 N–H and O–H groups in total. The van der Waals surface area contributed by atoms with E-state index in [4.69, 9.17) is 0 Å². The van der Waals surface area contributed by atoms with Crippen molar-refractivity contribution >= 4 is 17.4 Å². The second kappa shape index (κ2) is 9.40. The van der Waals surface area contributed by atoms with Crippen LogP contribution in [0.4, 0.5) is 20.6 Å². The Bertz CT molecular complexity index is 765. The number of carbonyl (C=O) groups is 1. The highest BCUT2D eigenvalue weighted by atomic mass is 19.1. The molecule has 0 unspecified atom stereocenters. The number of urea groups is 1. The number of benzene rings is 2. The van der Waals surface area contributed by atoms with Crippen molar-refractivity contribution in [2.24, 2.45) is 0 Å². The number of hydrogen-bond acceptors (Lipinski definition) is 2. The van der Waals surface area contributed by atoms with Gasteiger partial charge in [-0.15, -0.1) is 0 Å². The van der Waals surface area contributed by atoms with Crippen molar-refractivity contribution in [1.82, 2.24) is 5.32 Å². The van der Waals surface area contributed by atoms with Crippen molar-refractivity contribution in [2.75, 3.05) is 36.0 Å². The summed E-state index contributed by atoms with van der Waals surface area (Å²) in [6, 6.07) is 14.8. The van der Waals surface area contributed by atoms with Gasteiger partial charge in [-0.2, -0.15) is 0 Å². The molecule has 144 valence electrons. The Kier molecular flexibility index (Phi) is 6.69. The lowest BCUT2D eigenvalue weighted by Gasteiger charge is -2.25. The van der Waals surface area contributed by atoms with E-state index in [0.29, 0.717) is 6.54 Å². The molecular formula is C22H28FN3O. The fourth-order valence-electron chi connectivity index (χ4n) is 3.61. The molecule has 3 rings (SSSR count). The third-order valence-electron chi connectivity index (χ3n) is 5.04. The maximum atomic E-state index is 13.4. The van der Waals surface area contributed by atoms with Crippen LogP contribution in [0.2, 0.25) is 0 Å². The van der Waals surface area contributed by atoms with Crippen LogP contribution >= 0.6 is 0 Å². The number of carbonyl (C=O) groups excluding carboxylic acids is 1. The van der Waals surface area contributed by atoms with E-state index in [1.165, 1.54) is 11.6 Å². The smallest absolute Gasteiger partial charge is 0.321 e. The van der Waals surface area contributed by atoms with Gasteiger partial charge in [0.2, 0.25) is 0 Å². The summed E-state index contributed by atoms with van der Waals surface area (Å²) in [6.45, 7) is 4.99. The molecule has 0 saturated carbocycles. The van der Waals surface area contributed by atoms with Crippen molar-refractivity contribution < 1.29 is 9.18 Å². The van der Waals surface area contributed by atoms with Crippen molar-refractivity contribution in [3.63, 3.8) is 0 Å². The van der Waals surface area contributed by atoms with Gasteiger partial charge in [0.1, 0.15) is 5.82 Å². The van der Waals surface area contributed by atoms with Crippen molar-refractivity contribution in [2.45, 2.75) is 32.6 Å². The number of anilines is 2. The topological polar surface area (TPSA) is 35.6 Å². The molecule has 1 aliphatic heterocycles. The molecule has 0 bridgehead atoms. The maximum absolute atomic E-state index is 13.4. The zero-order valence-corrected chi connectivity index (χ0v) is 16.0. The van der Waals surface area contributed by atoms with E-state index in [2.05, 4.69) is 23.2 Å². The SMILES string of the molecule is CCN(CCCNC(=O)N1CCCCc2ccccc21)c1cccc(F)c1. The highest BCUT2D eigenvalue weighted by molar-refractivity contribution is 5.92. The average molecular weight is 369 g/mol. The largest absolute Gasteiger partial charge is 0.372 e. The van der Waals surface area contributed by atoms with Gasteiger partial charge in [0, 0.05) is 37.6 Å². The molecule has 27 heavy (non-hydrogen) atoms. The Labute approximate surface area is 161 Å². The van der Waals surface area contributed by atoms with Crippen LogP contribution in [0.15, 0.2) is 48.5 Å². The number of aryl methyl sites for hydroxylation is 1. The summed E-state index contributed by atoms with van der Waals surface area (Å²) in [5.74, 6) is -0.223. The lowest BCUT2D eigenvalue weighted by atomic mass is 10.1. The van der Waals surface area contributed by atoms with Gasteiger partial charge in [0.25, 0.3) is 0 Å². The maximum Gasteiger partial charge on any atom is 0.321 e. The number of fused-ring (bicyclic) bond motifs is 1. The van der Waals surface area contributed by atoms with Crippen LogP contribution < -0.4 is 15.1 Å². The van der Waals surface area contributed by atoms with Crippen LogP contribution in [0.3, 0.4) is 0 Å². The fourth-order valence-corrected chi connectivity index (χ4v) is 3.61. The molecule has 0 aromatic heterocycles. The second-order valence-electron chi connectivity index (χ2n) is 6.88. The van der Waals surface area contributed by atoms with Gasteiger partial charge in [0.15, 0.2) is 0 Å².